The third kappa shape index (κ3) is 4.09. The number of amides is 2. The molecule has 1 aromatic heterocycles. The van der Waals surface area contributed by atoms with Crippen molar-refractivity contribution in [1.29, 1.82) is 0 Å². The van der Waals surface area contributed by atoms with Crippen molar-refractivity contribution in [3.05, 3.63) is 70.5 Å². The van der Waals surface area contributed by atoms with E-state index < -0.39 is 0 Å². The van der Waals surface area contributed by atoms with Crippen LogP contribution in [0.4, 0.5) is 5.69 Å². The zero-order valence-corrected chi connectivity index (χ0v) is 15.2. The van der Waals surface area contributed by atoms with E-state index >= 15 is 0 Å². The summed E-state index contributed by atoms with van der Waals surface area (Å²) < 4.78 is 1.65. The lowest BCUT2D eigenvalue weighted by Crippen LogP contribution is -2.25. The van der Waals surface area contributed by atoms with Gasteiger partial charge in [0.1, 0.15) is 0 Å². The number of anilines is 1. The molecule has 2 aromatic carbocycles. The first kappa shape index (κ1) is 17.9. The van der Waals surface area contributed by atoms with Crippen LogP contribution < -0.4 is 16.1 Å². The largest absolute Gasteiger partial charge is 0.349 e. The van der Waals surface area contributed by atoms with E-state index in [4.69, 9.17) is 0 Å². The highest BCUT2D eigenvalue weighted by Crippen LogP contribution is 2.19. The van der Waals surface area contributed by atoms with Gasteiger partial charge in [-0.25, -0.2) is 0 Å². The highest BCUT2D eigenvalue weighted by Gasteiger charge is 2.23. The van der Waals surface area contributed by atoms with E-state index in [1.54, 1.807) is 41.1 Å². The summed E-state index contributed by atoms with van der Waals surface area (Å²) in [6, 6.07) is 14.3. The molecule has 1 aliphatic carbocycles. The maximum absolute atomic E-state index is 12.3. The van der Waals surface area contributed by atoms with Crippen molar-refractivity contribution >= 4 is 28.4 Å². The Kier molecular flexibility index (Phi) is 4.89. The van der Waals surface area contributed by atoms with Gasteiger partial charge in [0.15, 0.2) is 0 Å². The molecule has 7 heteroatoms. The lowest BCUT2D eigenvalue weighted by molar-refractivity contribution is -0.116. The summed E-state index contributed by atoms with van der Waals surface area (Å²) in [6.45, 7) is 0.356. The number of aryl methyl sites for hydroxylation is 1. The van der Waals surface area contributed by atoms with Crippen molar-refractivity contribution in [2.24, 2.45) is 0 Å². The molecule has 7 nitrogen and oxygen atoms in total. The smallest absolute Gasteiger partial charge is 0.251 e. The maximum atomic E-state index is 12.3. The van der Waals surface area contributed by atoms with Crippen LogP contribution in [0.15, 0.2) is 59.5 Å². The molecule has 4 rings (SSSR count). The highest BCUT2D eigenvalue weighted by molar-refractivity contribution is 5.96. The molecule has 1 saturated carbocycles. The quantitative estimate of drug-likeness (QED) is 0.690. The number of nitrogens with one attached hydrogen (secondary N) is 2. The molecule has 142 valence electrons. The molecule has 0 radical (unpaired) electrons. The van der Waals surface area contributed by atoms with Crippen LogP contribution >= 0.6 is 0 Å². The van der Waals surface area contributed by atoms with Crippen molar-refractivity contribution < 1.29 is 9.59 Å². The van der Waals surface area contributed by atoms with Crippen LogP contribution in [-0.2, 0) is 11.3 Å². The zero-order valence-electron chi connectivity index (χ0n) is 15.2. The van der Waals surface area contributed by atoms with Gasteiger partial charge in [0.2, 0.25) is 11.3 Å². The van der Waals surface area contributed by atoms with Crippen LogP contribution in [0.25, 0.3) is 10.9 Å². The van der Waals surface area contributed by atoms with Gasteiger partial charge < -0.3 is 10.6 Å². The van der Waals surface area contributed by atoms with E-state index in [2.05, 4.69) is 15.7 Å². The van der Waals surface area contributed by atoms with Gasteiger partial charge in [0.25, 0.3) is 5.91 Å². The van der Waals surface area contributed by atoms with Crippen LogP contribution in [-0.4, -0.2) is 27.6 Å². The maximum Gasteiger partial charge on any atom is 0.251 e. The Morgan fingerprint density at radius 1 is 1.07 bits per heavy atom. The summed E-state index contributed by atoms with van der Waals surface area (Å²) in [5.74, 6) is -0.253. The van der Waals surface area contributed by atoms with Crippen molar-refractivity contribution in [2.45, 2.75) is 31.8 Å². The van der Waals surface area contributed by atoms with E-state index in [1.807, 2.05) is 12.1 Å². The number of rotatable bonds is 6. The first-order valence-electron chi connectivity index (χ1n) is 9.26. The molecule has 1 heterocycles. The average Bonchev–Trinajstić information content (AvgIpc) is 3.52. The van der Waals surface area contributed by atoms with Gasteiger partial charge in [-0.05, 0) is 49.2 Å². The fourth-order valence-corrected chi connectivity index (χ4v) is 2.97. The Balaban J connectivity index is 1.36. The second-order valence-corrected chi connectivity index (χ2v) is 6.87. The summed E-state index contributed by atoms with van der Waals surface area (Å²) in [5.41, 5.74) is 1.77. The Morgan fingerprint density at radius 2 is 1.82 bits per heavy atom. The SMILES string of the molecule is O=C(CCn1ncc(=O)c2ccccc21)Nc1ccc(C(=O)NC2CC2)cc1. The average molecular weight is 376 g/mol. The molecule has 3 aromatic rings. The first-order valence-corrected chi connectivity index (χ1v) is 9.26. The highest BCUT2D eigenvalue weighted by atomic mass is 16.2. The van der Waals surface area contributed by atoms with Crippen LogP contribution in [0, 0.1) is 0 Å². The molecule has 0 spiro atoms. The predicted octanol–water partition coefficient (Wildman–Crippen LogP) is 2.32. The molecule has 28 heavy (non-hydrogen) atoms. The number of hydrogen-bond acceptors (Lipinski definition) is 4. The molecule has 0 aliphatic heterocycles. The summed E-state index contributed by atoms with van der Waals surface area (Å²) in [4.78, 5) is 36.1. The number of nitrogens with zero attached hydrogens (tertiary/aromatic N) is 2. The minimum Gasteiger partial charge on any atom is -0.349 e. The van der Waals surface area contributed by atoms with Gasteiger partial charge in [-0.3, -0.25) is 19.1 Å². The van der Waals surface area contributed by atoms with Crippen LogP contribution in [0.3, 0.4) is 0 Å². The van der Waals surface area contributed by atoms with Crippen LogP contribution in [0.1, 0.15) is 29.6 Å². The van der Waals surface area contributed by atoms with Crippen molar-refractivity contribution in [3.8, 4) is 0 Å². The van der Waals surface area contributed by atoms with Gasteiger partial charge in [-0.1, -0.05) is 12.1 Å². The van der Waals surface area contributed by atoms with Crippen LogP contribution in [0.5, 0.6) is 0 Å². The molecular weight excluding hydrogens is 356 g/mol. The fraction of sp³-hybridized carbons (Fsp3) is 0.238. The minimum atomic E-state index is -0.167. The van der Waals surface area contributed by atoms with Crippen molar-refractivity contribution in [2.75, 3.05) is 5.32 Å². The normalized spacial score (nSPS) is 13.3. The summed E-state index contributed by atoms with van der Waals surface area (Å²) in [5, 5.41) is 10.5. The van der Waals surface area contributed by atoms with Gasteiger partial charge in [0.05, 0.1) is 18.3 Å². The topological polar surface area (TPSA) is 93.1 Å². The monoisotopic (exact) mass is 376 g/mol. The third-order valence-corrected chi connectivity index (χ3v) is 4.66. The van der Waals surface area contributed by atoms with Crippen molar-refractivity contribution in [1.82, 2.24) is 15.1 Å². The molecule has 1 aliphatic rings. The summed E-state index contributed by atoms with van der Waals surface area (Å²) >= 11 is 0. The second kappa shape index (κ2) is 7.64. The van der Waals surface area contributed by atoms with E-state index in [0.29, 0.717) is 34.7 Å². The Hall–Kier alpha value is -3.48. The predicted molar refractivity (Wildman–Crippen MR) is 106 cm³/mol. The third-order valence-electron chi connectivity index (χ3n) is 4.66. The molecule has 2 amide bonds. The number of fused-ring (bicyclic) bond motifs is 1. The van der Waals surface area contributed by atoms with Gasteiger partial charge >= 0.3 is 0 Å². The molecular formula is C21H20N4O3. The molecule has 0 unspecified atom stereocenters. The number of para-hydroxylation sites is 1. The Labute approximate surface area is 161 Å². The molecule has 2 N–H and O–H groups in total. The Morgan fingerprint density at radius 3 is 2.57 bits per heavy atom. The van der Waals surface area contributed by atoms with E-state index in [1.165, 1.54) is 6.20 Å². The molecule has 0 atom stereocenters. The van der Waals surface area contributed by atoms with Gasteiger partial charge in [0, 0.05) is 29.1 Å². The molecule has 1 fully saturated rings. The van der Waals surface area contributed by atoms with Crippen LogP contribution in [0.2, 0.25) is 0 Å². The summed E-state index contributed by atoms with van der Waals surface area (Å²) in [6.07, 6.45) is 3.56. The van der Waals surface area contributed by atoms with E-state index in [-0.39, 0.29) is 23.7 Å². The standard InChI is InChI=1S/C21H20N4O3/c26-19-13-22-25(18-4-2-1-3-17(18)19)12-11-20(27)23-15-7-5-14(6-8-15)21(28)24-16-9-10-16/h1-8,13,16H,9-12H2,(H,23,27)(H,24,28). The summed E-state index contributed by atoms with van der Waals surface area (Å²) in [7, 11) is 0. The molecule has 0 bridgehead atoms. The number of carbonyl (C=O) groups excluding carboxylic acids is 2. The van der Waals surface area contributed by atoms with Gasteiger partial charge in [-0.15, -0.1) is 0 Å². The number of aromatic nitrogens is 2. The fourth-order valence-electron chi connectivity index (χ4n) is 2.97. The molecule has 0 saturated heterocycles. The van der Waals surface area contributed by atoms with Crippen molar-refractivity contribution in [3.63, 3.8) is 0 Å². The Bertz CT molecular complexity index is 1080. The minimum absolute atomic E-state index is 0.0865. The zero-order chi connectivity index (χ0) is 19.5. The lowest BCUT2D eigenvalue weighted by Gasteiger charge is -2.10. The van der Waals surface area contributed by atoms with Gasteiger partial charge in [-0.2, -0.15) is 5.10 Å². The first-order chi connectivity index (χ1) is 13.6. The number of hydrogen-bond donors (Lipinski definition) is 2. The lowest BCUT2D eigenvalue weighted by atomic mass is 10.2. The van der Waals surface area contributed by atoms with E-state index in [0.717, 1.165) is 12.8 Å². The number of carbonyl (C=O) groups is 2. The second-order valence-electron chi connectivity index (χ2n) is 6.87. The number of benzene rings is 2. The van der Waals surface area contributed by atoms with E-state index in [9.17, 15) is 14.4 Å².